The highest BCUT2D eigenvalue weighted by molar-refractivity contribution is 5.94. The van der Waals surface area contributed by atoms with Gasteiger partial charge in [0.05, 0.1) is 7.11 Å². The lowest BCUT2D eigenvalue weighted by Gasteiger charge is -2.36. The fourth-order valence-electron chi connectivity index (χ4n) is 2.89. The first-order valence-electron chi connectivity index (χ1n) is 7.23. The molecule has 0 heterocycles. The number of methoxy groups -OCH3 is 1. The molecule has 2 atom stereocenters. The number of benzene rings is 1. The average molecular weight is 276 g/mol. The number of ether oxygens (including phenoxy) is 1. The van der Waals surface area contributed by atoms with Gasteiger partial charge in [-0.1, -0.05) is 12.8 Å². The molecule has 0 aromatic heterocycles. The minimum atomic E-state index is 0.00593. The Hall–Kier alpha value is -1.55. The van der Waals surface area contributed by atoms with Crippen molar-refractivity contribution in [3.8, 4) is 5.75 Å². The third-order valence-electron chi connectivity index (χ3n) is 4.06. The van der Waals surface area contributed by atoms with E-state index >= 15 is 0 Å². The van der Waals surface area contributed by atoms with Crippen LogP contribution >= 0.6 is 0 Å². The molecule has 1 aromatic carbocycles. The van der Waals surface area contributed by atoms with Crippen LogP contribution in [0.4, 0.5) is 0 Å². The Labute approximate surface area is 121 Å². The fraction of sp³-hybridized carbons (Fsp3) is 0.562. The molecule has 1 amide bonds. The maximum Gasteiger partial charge on any atom is 0.251 e. The summed E-state index contributed by atoms with van der Waals surface area (Å²) in [6.45, 7) is 0. The second-order valence-corrected chi connectivity index (χ2v) is 5.62. The van der Waals surface area contributed by atoms with Gasteiger partial charge in [0.1, 0.15) is 5.75 Å². The standard InChI is InChI=1S/C16H24N2O2/c1-18(2)15-7-5-4-6-14(15)17-16(19)12-8-10-13(20-3)11-9-12/h8-11,14-15H,4-7H2,1-3H3,(H,17,19)/t14-,15-/m1/s1. The van der Waals surface area contributed by atoms with Gasteiger partial charge < -0.3 is 15.0 Å². The van der Waals surface area contributed by atoms with Crippen molar-refractivity contribution in [1.29, 1.82) is 0 Å². The van der Waals surface area contributed by atoms with Crippen LogP contribution < -0.4 is 10.1 Å². The molecule has 1 aromatic rings. The maximum atomic E-state index is 12.3. The molecule has 1 aliphatic rings. The van der Waals surface area contributed by atoms with E-state index in [1.54, 1.807) is 7.11 Å². The van der Waals surface area contributed by atoms with Crippen molar-refractivity contribution in [3.05, 3.63) is 29.8 Å². The Bertz CT molecular complexity index is 442. The zero-order valence-electron chi connectivity index (χ0n) is 12.6. The third-order valence-corrected chi connectivity index (χ3v) is 4.06. The van der Waals surface area contributed by atoms with E-state index in [0.29, 0.717) is 11.6 Å². The molecule has 20 heavy (non-hydrogen) atoms. The van der Waals surface area contributed by atoms with Crippen LogP contribution in [0.15, 0.2) is 24.3 Å². The van der Waals surface area contributed by atoms with Gasteiger partial charge in [-0.3, -0.25) is 4.79 Å². The molecular formula is C16H24N2O2. The minimum absolute atomic E-state index is 0.00593. The highest BCUT2D eigenvalue weighted by atomic mass is 16.5. The van der Waals surface area contributed by atoms with Crippen LogP contribution in [0.25, 0.3) is 0 Å². The SMILES string of the molecule is COc1ccc(C(=O)N[C@@H]2CCCC[C@H]2N(C)C)cc1. The first-order valence-corrected chi connectivity index (χ1v) is 7.23. The van der Waals surface area contributed by atoms with Crippen molar-refractivity contribution in [3.63, 3.8) is 0 Å². The zero-order chi connectivity index (χ0) is 14.5. The second-order valence-electron chi connectivity index (χ2n) is 5.62. The molecule has 4 heteroatoms. The van der Waals surface area contributed by atoms with E-state index in [9.17, 15) is 4.79 Å². The number of rotatable bonds is 4. The van der Waals surface area contributed by atoms with Gasteiger partial charge in [-0.15, -0.1) is 0 Å². The van der Waals surface area contributed by atoms with E-state index in [0.717, 1.165) is 18.6 Å². The Morgan fingerprint density at radius 1 is 1.20 bits per heavy atom. The monoisotopic (exact) mass is 276 g/mol. The van der Waals surface area contributed by atoms with E-state index < -0.39 is 0 Å². The van der Waals surface area contributed by atoms with E-state index in [2.05, 4.69) is 24.3 Å². The molecule has 0 radical (unpaired) electrons. The van der Waals surface area contributed by atoms with Gasteiger partial charge in [-0.25, -0.2) is 0 Å². The van der Waals surface area contributed by atoms with Gasteiger partial charge in [0.2, 0.25) is 0 Å². The first kappa shape index (κ1) is 14.9. The number of nitrogens with zero attached hydrogens (tertiary/aromatic N) is 1. The molecule has 0 saturated heterocycles. The Morgan fingerprint density at radius 2 is 1.85 bits per heavy atom. The molecule has 2 rings (SSSR count). The second kappa shape index (κ2) is 6.75. The summed E-state index contributed by atoms with van der Waals surface area (Å²) in [5.74, 6) is 0.775. The Kier molecular flexibility index (Phi) is 5.01. The molecular weight excluding hydrogens is 252 g/mol. The smallest absolute Gasteiger partial charge is 0.251 e. The van der Waals surface area contributed by atoms with Crippen molar-refractivity contribution in [2.45, 2.75) is 37.8 Å². The van der Waals surface area contributed by atoms with Gasteiger partial charge >= 0.3 is 0 Å². The summed E-state index contributed by atoms with van der Waals surface area (Å²) >= 11 is 0. The zero-order valence-corrected chi connectivity index (χ0v) is 12.6. The number of hydrogen-bond acceptors (Lipinski definition) is 3. The summed E-state index contributed by atoms with van der Waals surface area (Å²) < 4.78 is 5.11. The lowest BCUT2D eigenvalue weighted by molar-refractivity contribution is 0.0883. The van der Waals surface area contributed by atoms with Crippen LogP contribution in [0.5, 0.6) is 5.75 Å². The van der Waals surface area contributed by atoms with Crippen LogP contribution in [-0.4, -0.2) is 44.1 Å². The van der Waals surface area contributed by atoms with Crippen LogP contribution in [0.1, 0.15) is 36.0 Å². The van der Waals surface area contributed by atoms with Crippen molar-refractivity contribution in [2.24, 2.45) is 0 Å². The fourth-order valence-corrected chi connectivity index (χ4v) is 2.89. The van der Waals surface area contributed by atoms with Crippen molar-refractivity contribution in [2.75, 3.05) is 21.2 Å². The van der Waals surface area contributed by atoms with Crippen LogP contribution in [0.2, 0.25) is 0 Å². The highest BCUT2D eigenvalue weighted by Crippen LogP contribution is 2.22. The largest absolute Gasteiger partial charge is 0.497 e. The summed E-state index contributed by atoms with van der Waals surface area (Å²) in [7, 11) is 5.80. The number of nitrogens with one attached hydrogen (secondary N) is 1. The van der Waals surface area contributed by atoms with Crippen LogP contribution in [-0.2, 0) is 0 Å². The predicted molar refractivity (Wildman–Crippen MR) is 80.2 cm³/mol. The highest BCUT2D eigenvalue weighted by Gasteiger charge is 2.28. The first-order chi connectivity index (χ1) is 9.61. The maximum absolute atomic E-state index is 12.3. The van der Waals surface area contributed by atoms with E-state index in [-0.39, 0.29) is 11.9 Å². The molecule has 1 saturated carbocycles. The summed E-state index contributed by atoms with van der Waals surface area (Å²) in [6, 6.07) is 7.93. The minimum Gasteiger partial charge on any atom is -0.497 e. The predicted octanol–water partition coefficient (Wildman–Crippen LogP) is 2.30. The molecule has 1 aliphatic carbocycles. The Morgan fingerprint density at radius 3 is 2.45 bits per heavy atom. The molecule has 4 nitrogen and oxygen atoms in total. The molecule has 0 bridgehead atoms. The number of carbonyl (C=O) groups is 1. The Balaban J connectivity index is 2.01. The number of hydrogen-bond donors (Lipinski definition) is 1. The molecule has 0 spiro atoms. The van der Waals surface area contributed by atoms with Gasteiger partial charge in [-0.2, -0.15) is 0 Å². The van der Waals surface area contributed by atoms with Gasteiger partial charge in [-0.05, 0) is 51.2 Å². The van der Waals surface area contributed by atoms with Crippen molar-refractivity contribution >= 4 is 5.91 Å². The molecule has 0 aliphatic heterocycles. The van der Waals surface area contributed by atoms with E-state index in [4.69, 9.17) is 4.74 Å². The summed E-state index contributed by atoms with van der Waals surface area (Å²) in [6.07, 6.45) is 4.65. The quantitative estimate of drug-likeness (QED) is 0.917. The molecule has 110 valence electrons. The number of amides is 1. The van der Waals surface area contributed by atoms with Gasteiger partial charge in [0.25, 0.3) is 5.91 Å². The van der Waals surface area contributed by atoms with E-state index in [1.807, 2.05) is 24.3 Å². The normalized spacial score (nSPS) is 22.6. The summed E-state index contributed by atoms with van der Waals surface area (Å²) in [5, 5.41) is 3.18. The number of carbonyl (C=O) groups excluding carboxylic acids is 1. The lowest BCUT2D eigenvalue weighted by Crippen LogP contribution is -2.51. The average Bonchev–Trinajstić information content (AvgIpc) is 2.47. The van der Waals surface area contributed by atoms with Gasteiger partial charge in [0, 0.05) is 17.6 Å². The van der Waals surface area contributed by atoms with Crippen molar-refractivity contribution < 1.29 is 9.53 Å². The summed E-state index contributed by atoms with van der Waals surface area (Å²) in [4.78, 5) is 14.5. The lowest BCUT2D eigenvalue weighted by atomic mass is 9.89. The van der Waals surface area contributed by atoms with Crippen molar-refractivity contribution in [1.82, 2.24) is 10.2 Å². The molecule has 1 fully saturated rings. The third kappa shape index (κ3) is 3.51. The summed E-state index contributed by atoms with van der Waals surface area (Å²) in [5.41, 5.74) is 0.689. The number of likely N-dealkylation sites (N-methyl/N-ethyl adjacent to an activating group) is 1. The molecule has 0 unspecified atom stereocenters. The molecule has 1 N–H and O–H groups in total. The topological polar surface area (TPSA) is 41.6 Å². The van der Waals surface area contributed by atoms with Gasteiger partial charge in [0.15, 0.2) is 0 Å². The van der Waals surface area contributed by atoms with Crippen LogP contribution in [0, 0.1) is 0 Å². The van der Waals surface area contributed by atoms with E-state index in [1.165, 1.54) is 12.8 Å². The van der Waals surface area contributed by atoms with Crippen LogP contribution in [0.3, 0.4) is 0 Å².